The lowest BCUT2D eigenvalue weighted by Crippen LogP contribution is -2.38. The van der Waals surface area contributed by atoms with E-state index in [0.29, 0.717) is 12.6 Å². The molecule has 0 bridgehead atoms. The lowest BCUT2D eigenvalue weighted by molar-refractivity contribution is 0.625. The van der Waals surface area contributed by atoms with Gasteiger partial charge in [0.1, 0.15) is 5.82 Å². The standard InChI is InChI=1S/C15H22FN3.HI/c1-3-17-15(19-14-6-7-14)18-9-8-12-4-5-13(16)10-11(12)2;/h4-5,10,14H,3,6-9H2,1-2H3,(H2,17,18,19);1H. The summed E-state index contributed by atoms with van der Waals surface area (Å²) in [7, 11) is 0. The molecule has 0 radical (unpaired) electrons. The van der Waals surface area contributed by atoms with Gasteiger partial charge >= 0.3 is 0 Å². The average molecular weight is 391 g/mol. The number of guanidine groups is 1. The van der Waals surface area contributed by atoms with Crippen molar-refractivity contribution in [3.05, 3.63) is 35.1 Å². The van der Waals surface area contributed by atoms with Crippen LogP contribution in [-0.4, -0.2) is 25.1 Å². The van der Waals surface area contributed by atoms with Crippen molar-refractivity contribution in [2.45, 2.75) is 39.2 Å². The highest BCUT2D eigenvalue weighted by molar-refractivity contribution is 14.0. The van der Waals surface area contributed by atoms with E-state index in [0.717, 1.165) is 30.1 Å². The molecule has 1 aliphatic rings. The SMILES string of the molecule is CCNC(=NCCc1ccc(F)cc1C)NC1CC1.I. The zero-order valence-electron chi connectivity index (χ0n) is 12.1. The topological polar surface area (TPSA) is 36.4 Å². The van der Waals surface area contributed by atoms with E-state index in [1.807, 2.05) is 13.0 Å². The van der Waals surface area contributed by atoms with E-state index in [1.54, 1.807) is 6.07 Å². The fourth-order valence-corrected chi connectivity index (χ4v) is 1.97. The average Bonchev–Trinajstić information content (AvgIpc) is 3.16. The maximum atomic E-state index is 13.0. The van der Waals surface area contributed by atoms with Crippen LogP contribution in [0.4, 0.5) is 4.39 Å². The highest BCUT2D eigenvalue weighted by Gasteiger charge is 2.21. The van der Waals surface area contributed by atoms with Crippen molar-refractivity contribution >= 4 is 29.9 Å². The Bertz CT molecular complexity index is 458. The van der Waals surface area contributed by atoms with Crippen LogP contribution < -0.4 is 10.6 Å². The molecule has 1 saturated carbocycles. The minimum absolute atomic E-state index is 0. The van der Waals surface area contributed by atoms with Gasteiger partial charge in [0.2, 0.25) is 0 Å². The van der Waals surface area contributed by atoms with Crippen LogP contribution in [0.3, 0.4) is 0 Å². The van der Waals surface area contributed by atoms with Crippen LogP contribution in [0.25, 0.3) is 0 Å². The van der Waals surface area contributed by atoms with Crippen molar-refractivity contribution in [3.63, 3.8) is 0 Å². The predicted molar refractivity (Wildman–Crippen MR) is 92.4 cm³/mol. The van der Waals surface area contributed by atoms with Gasteiger partial charge in [-0.3, -0.25) is 4.99 Å². The second kappa shape index (κ2) is 8.44. The summed E-state index contributed by atoms with van der Waals surface area (Å²) in [5, 5.41) is 6.62. The zero-order valence-corrected chi connectivity index (χ0v) is 14.4. The molecule has 5 heteroatoms. The van der Waals surface area contributed by atoms with E-state index >= 15 is 0 Å². The van der Waals surface area contributed by atoms with Gasteiger partial charge in [-0.1, -0.05) is 6.07 Å². The summed E-state index contributed by atoms with van der Waals surface area (Å²) < 4.78 is 13.0. The fraction of sp³-hybridized carbons (Fsp3) is 0.533. The summed E-state index contributed by atoms with van der Waals surface area (Å²) in [6, 6.07) is 5.54. The Balaban J connectivity index is 0.00000200. The predicted octanol–water partition coefficient (Wildman–Crippen LogP) is 3.01. The van der Waals surface area contributed by atoms with Crippen molar-refractivity contribution in [1.82, 2.24) is 10.6 Å². The fourth-order valence-electron chi connectivity index (χ4n) is 1.97. The normalized spacial score (nSPS) is 14.7. The smallest absolute Gasteiger partial charge is 0.191 e. The molecule has 20 heavy (non-hydrogen) atoms. The molecule has 0 spiro atoms. The van der Waals surface area contributed by atoms with Gasteiger partial charge in [-0.2, -0.15) is 0 Å². The Hall–Kier alpha value is -0.850. The Morgan fingerprint density at radius 2 is 2.15 bits per heavy atom. The van der Waals surface area contributed by atoms with Crippen molar-refractivity contribution in [2.24, 2.45) is 4.99 Å². The number of halogens is 2. The minimum Gasteiger partial charge on any atom is -0.357 e. The molecule has 1 aliphatic carbocycles. The van der Waals surface area contributed by atoms with Gasteiger partial charge in [-0.05, 0) is 56.4 Å². The number of nitrogens with one attached hydrogen (secondary N) is 2. The first-order chi connectivity index (χ1) is 9.19. The van der Waals surface area contributed by atoms with E-state index in [1.165, 1.54) is 18.9 Å². The Labute approximate surface area is 137 Å². The molecule has 0 aromatic heterocycles. The molecule has 3 nitrogen and oxygen atoms in total. The van der Waals surface area contributed by atoms with Crippen LogP contribution in [0.1, 0.15) is 30.9 Å². The molecule has 2 rings (SSSR count). The van der Waals surface area contributed by atoms with Crippen molar-refractivity contribution in [3.8, 4) is 0 Å². The number of aliphatic imine (C=N–C) groups is 1. The first-order valence-corrected chi connectivity index (χ1v) is 6.99. The van der Waals surface area contributed by atoms with Crippen LogP contribution in [0.2, 0.25) is 0 Å². The molecular formula is C15H23FIN3. The first kappa shape index (κ1) is 17.2. The number of benzene rings is 1. The van der Waals surface area contributed by atoms with Crippen molar-refractivity contribution in [2.75, 3.05) is 13.1 Å². The highest BCUT2D eigenvalue weighted by Crippen LogP contribution is 2.18. The van der Waals surface area contributed by atoms with Crippen LogP contribution in [0.15, 0.2) is 23.2 Å². The number of nitrogens with zero attached hydrogens (tertiary/aromatic N) is 1. The highest BCUT2D eigenvalue weighted by atomic mass is 127. The van der Waals surface area contributed by atoms with Gasteiger partial charge in [0, 0.05) is 19.1 Å². The van der Waals surface area contributed by atoms with E-state index in [9.17, 15) is 4.39 Å². The molecule has 1 aromatic carbocycles. The van der Waals surface area contributed by atoms with Crippen molar-refractivity contribution < 1.29 is 4.39 Å². The molecule has 1 fully saturated rings. The first-order valence-electron chi connectivity index (χ1n) is 6.99. The third-order valence-corrected chi connectivity index (χ3v) is 3.22. The van der Waals surface area contributed by atoms with Gasteiger partial charge in [0.15, 0.2) is 5.96 Å². The molecular weight excluding hydrogens is 368 g/mol. The van der Waals surface area contributed by atoms with Crippen molar-refractivity contribution in [1.29, 1.82) is 0 Å². The van der Waals surface area contributed by atoms with E-state index < -0.39 is 0 Å². The number of aryl methyl sites for hydroxylation is 1. The molecule has 1 aromatic rings. The molecule has 0 heterocycles. The molecule has 0 amide bonds. The van der Waals surface area contributed by atoms with Crippen LogP contribution in [0, 0.1) is 12.7 Å². The third-order valence-electron chi connectivity index (χ3n) is 3.22. The molecule has 0 atom stereocenters. The molecule has 0 saturated heterocycles. The summed E-state index contributed by atoms with van der Waals surface area (Å²) in [5.74, 6) is 0.721. The second-order valence-corrected chi connectivity index (χ2v) is 5.00. The van der Waals surface area contributed by atoms with Crippen LogP contribution in [-0.2, 0) is 6.42 Å². The van der Waals surface area contributed by atoms with Crippen LogP contribution >= 0.6 is 24.0 Å². The molecule has 0 aliphatic heterocycles. The zero-order chi connectivity index (χ0) is 13.7. The van der Waals surface area contributed by atoms with E-state index in [2.05, 4.69) is 22.5 Å². The quantitative estimate of drug-likeness (QED) is 0.460. The summed E-state index contributed by atoms with van der Waals surface area (Å²) in [6.45, 7) is 5.59. The second-order valence-electron chi connectivity index (χ2n) is 5.00. The summed E-state index contributed by atoms with van der Waals surface area (Å²) in [5.41, 5.74) is 2.16. The Morgan fingerprint density at radius 1 is 1.40 bits per heavy atom. The largest absolute Gasteiger partial charge is 0.357 e. The maximum Gasteiger partial charge on any atom is 0.191 e. The van der Waals surface area contributed by atoms with Crippen LogP contribution in [0.5, 0.6) is 0 Å². The van der Waals surface area contributed by atoms with Gasteiger partial charge in [0.05, 0.1) is 0 Å². The lowest BCUT2D eigenvalue weighted by atomic mass is 10.1. The summed E-state index contributed by atoms with van der Waals surface area (Å²) >= 11 is 0. The molecule has 0 unspecified atom stereocenters. The van der Waals surface area contributed by atoms with E-state index in [4.69, 9.17) is 0 Å². The molecule has 112 valence electrons. The minimum atomic E-state index is -0.173. The Kier molecular flexibility index (Phi) is 7.26. The number of hydrogen-bond donors (Lipinski definition) is 2. The van der Waals surface area contributed by atoms with Gasteiger partial charge < -0.3 is 10.6 Å². The molecule has 2 N–H and O–H groups in total. The van der Waals surface area contributed by atoms with Gasteiger partial charge in [-0.25, -0.2) is 4.39 Å². The Morgan fingerprint density at radius 3 is 2.75 bits per heavy atom. The van der Waals surface area contributed by atoms with Gasteiger partial charge in [0.25, 0.3) is 0 Å². The van der Waals surface area contributed by atoms with E-state index in [-0.39, 0.29) is 29.8 Å². The summed E-state index contributed by atoms with van der Waals surface area (Å²) in [6.07, 6.45) is 3.32. The maximum absolute atomic E-state index is 13.0. The monoisotopic (exact) mass is 391 g/mol. The summed E-state index contributed by atoms with van der Waals surface area (Å²) in [4.78, 5) is 4.55. The third kappa shape index (κ3) is 5.64. The van der Waals surface area contributed by atoms with Gasteiger partial charge in [-0.15, -0.1) is 24.0 Å². The number of rotatable bonds is 5. The lowest BCUT2D eigenvalue weighted by Gasteiger charge is -2.10. The number of hydrogen-bond acceptors (Lipinski definition) is 1.